The SMILES string of the molecule is CCc1ccccc1NC(=O)[C@@H](NC(=O)C12CC3CC(CC(C3)C1)C2)C(C)C. The van der Waals surface area contributed by atoms with Gasteiger partial charge in [0.25, 0.3) is 0 Å². The summed E-state index contributed by atoms with van der Waals surface area (Å²) in [4.78, 5) is 26.5. The molecule has 0 saturated heterocycles. The van der Waals surface area contributed by atoms with Gasteiger partial charge in [-0.25, -0.2) is 0 Å². The Bertz CT molecular complexity index is 719. The van der Waals surface area contributed by atoms with Gasteiger partial charge < -0.3 is 10.6 Å². The Morgan fingerprint density at radius 3 is 2.14 bits per heavy atom. The normalized spacial score (nSPS) is 31.6. The molecule has 1 aromatic rings. The second-order valence-corrected chi connectivity index (χ2v) is 9.89. The van der Waals surface area contributed by atoms with Gasteiger partial charge in [-0.2, -0.15) is 0 Å². The molecule has 4 heteroatoms. The number of anilines is 1. The molecule has 4 aliphatic rings. The Kier molecular flexibility index (Phi) is 5.24. The lowest BCUT2D eigenvalue weighted by Gasteiger charge is -2.55. The van der Waals surface area contributed by atoms with Crippen LogP contribution in [-0.4, -0.2) is 17.9 Å². The summed E-state index contributed by atoms with van der Waals surface area (Å²) in [6.07, 6.45) is 7.88. The van der Waals surface area contributed by atoms with Crippen molar-refractivity contribution in [1.29, 1.82) is 0 Å². The van der Waals surface area contributed by atoms with Crippen LogP contribution in [0, 0.1) is 29.1 Å². The Hall–Kier alpha value is -1.84. The molecule has 2 amide bonds. The molecule has 0 aliphatic heterocycles. The van der Waals surface area contributed by atoms with E-state index in [1.165, 1.54) is 19.3 Å². The first-order valence-corrected chi connectivity index (χ1v) is 11.1. The molecule has 4 bridgehead atoms. The van der Waals surface area contributed by atoms with E-state index in [1.807, 2.05) is 38.1 Å². The number of hydrogen-bond acceptors (Lipinski definition) is 2. The molecule has 4 fully saturated rings. The van der Waals surface area contributed by atoms with Crippen molar-refractivity contribution in [2.75, 3.05) is 5.32 Å². The van der Waals surface area contributed by atoms with Crippen molar-refractivity contribution in [3.05, 3.63) is 29.8 Å². The Morgan fingerprint density at radius 2 is 1.61 bits per heavy atom. The van der Waals surface area contributed by atoms with Crippen LogP contribution >= 0.6 is 0 Å². The zero-order chi connectivity index (χ0) is 19.9. The van der Waals surface area contributed by atoms with Crippen LogP contribution in [0.1, 0.15) is 64.9 Å². The second-order valence-electron chi connectivity index (χ2n) is 9.89. The minimum Gasteiger partial charge on any atom is -0.344 e. The van der Waals surface area contributed by atoms with Crippen LogP contribution in [0.15, 0.2) is 24.3 Å². The summed E-state index contributed by atoms with van der Waals surface area (Å²) in [7, 11) is 0. The van der Waals surface area contributed by atoms with Gasteiger partial charge in [0.05, 0.1) is 0 Å². The number of para-hydroxylation sites is 1. The van der Waals surface area contributed by atoms with E-state index in [2.05, 4.69) is 17.6 Å². The van der Waals surface area contributed by atoms with Crippen LogP contribution in [0.25, 0.3) is 0 Å². The number of aryl methyl sites for hydroxylation is 1. The maximum absolute atomic E-state index is 13.4. The van der Waals surface area contributed by atoms with Crippen molar-refractivity contribution in [2.45, 2.75) is 71.8 Å². The van der Waals surface area contributed by atoms with Gasteiger partial charge in [0, 0.05) is 11.1 Å². The number of carbonyl (C=O) groups is 2. The van der Waals surface area contributed by atoms with E-state index in [-0.39, 0.29) is 23.1 Å². The predicted octanol–water partition coefficient (Wildman–Crippen LogP) is 4.54. The van der Waals surface area contributed by atoms with E-state index in [0.717, 1.165) is 54.7 Å². The predicted molar refractivity (Wildman–Crippen MR) is 112 cm³/mol. The number of benzene rings is 1. The fraction of sp³-hybridized carbons (Fsp3) is 0.667. The quantitative estimate of drug-likeness (QED) is 0.758. The number of nitrogens with one attached hydrogen (secondary N) is 2. The first kappa shape index (κ1) is 19.5. The van der Waals surface area contributed by atoms with Crippen molar-refractivity contribution < 1.29 is 9.59 Å². The lowest BCUT2D eigenvalue weighted by Crippen LogP contribution is -2.57. The van der Waals surface area contributed by atoms with Crippen LogP contribution in [0.5, 0.6) is 0 Å². The maximum atomic E-state index is 13.4. The summed E-state index contributed by atoms with van der Waals surface area (Å²) in [5.41, 5.74) is 1.75. The van der Waals surface area contributed by atoms with E-state index in [0.29, 0.717) is 0 Å². The minimum absolute atomic E-state index is 0.0478. The van der Waals surface area contributed by atoms with E-state index in [4.69, 9.17) is 0 Å². The summed E-state index contributed by atoms with van der Waals surface area (Å²) >= 11 is 0. The van der Waals surface area contributed by atoms with Gasteiger partial charge in [-0.1, -0.05) is 39.0 Å². The molecule has 4 nitrogen and oxygen atoms in total. The van der Waals surface area contributed by atoms with Gasteiger partial charge in [0.2, 0.25) is 11.8 Å². The zero-order valence-electron chi connectivity index (χ0n) is 17.5. The minimum atomic E-state index is -0.495. The fourth-order valence-electron chi connectivity index (χ4n) is 6.38. The molecular formula is C24H34N2O2. The lowest BCUT2D eigenvalue weighted by molar-refractivity contribution is -0.148. The molecule has 4 saturated carbocycles. The number of rotatable bonds is 6. The summed E-state index contributed by atoms with van der Waals surface area (Å²) < 4.78 is 0. The number of hydrogen-bond donors (Lipinski definition) is 2. The van der Waals surface area contributed by atoms with Gasteiger partial charge in [-0.05, 0) is 80.2 Å². The molecule has 0 heterocycles. The molecule has 4 aliphatic carbocycles. The maximum Gasteiger partial charge on any atom is 0.247 e. The number of carbonyl (C=O) groups excluding carboxylic acids is 2. The highest BCUT2D eigenvalue weighted by Crippen LogP contribution is 2.60. The molecule has 5 rings (SSSR count). The monoisotopic (exact) mass is 382 g/mol. The first-order valence-electron chi connectivity index (χ1n) is 11.1. The molecule has 0 spiro atoms. The lowest BCUT2D eigenvalue weighted by atomic mass is 9.49. The summed E-state index contributed by atoms with van der Waals surface area (Å²) in [5.74, 6) is 2.24. The van der Waals surface area contributed by atoms with E-state index in [9.17, 15) is 9.59 Å². The Labute approximate surface area is 168 Å². The van der Waals surface area contributed by atoms with E-state index >= 15 is 0 Å². The largest absolute Gasteiger partial charge is 0.344 e. The average Bonchev–Trinajstić information content (AvgIpc) is 2.64. The summed E-state index contributed by atoms with van der Waals surface area (Å²) in [6, 6.07) is 7.41. The average molecular weight is 383 g/mol. The third-order valence-corrected chi connectivity index (χ3v) is 7.41. The van der Waals surface area contributed by atoms with Gasteiger partial charge in [0.15, 0.2) is 0 Å². The van der Waals surface area contributed by atoms with Gasteiger partial charge in [-0.15, -0.1) is 0 Å². The highest BCUT2D eigenvalue weighted by Gasteiger charge is 2.55. The topological polar surface area (TPSA) is 58.2 Å². The fourth-order valence-corrected chi connectivity index (χ4v) is 6.38. The van der Waals surface area contributed by atoms with Gasteiger partial charge >= 0.3 is 0 Å². The molecular weight excluding hydrogens is 348 g/mol. The van der Waals surface area contributed by atoms with Gasteiger partial charge in [0.1, 0.15) is 6.04 Å². The molecule has 28 heavy (non-hydrogen) atoms. The zero-order valence-corrected chi connectivity index (χ0v) is 17.5. The molecule has 0 radical (unpaired) electrons. The van der Waals surface area contributed by atoms with Crippen LogP contribution in [0.2, 0.25) is 0 Å². The van der Waals surface area contributed by atoms with E-state index in [1.54, 1.807) is 0 Å². The smallest absolute Gasteiger partial charge is 0.247 e. The van der Waals surface area contributed by atoms with Crippen molar-refractivity contribution in [3.8, 4) is 0 Å². The molecule has 1 aromatic carbocycles. The highest BCUT2D eigenvalue weighted by atomic mass is 16.2. The van der Waals surface area contributed by atoms with Crippen LogP contribution < -0.4 is 10.6 Å². The standard InChI is InChI=1S/C24H34N2O2/c1-4-19-7-5-6-8-20(19)25-22(27)21(15(2)3)26-23(28)24-12-16-9-17(13-24)11-18(10-16)14-24/h5-8,15-18,21H,4,9-14H2,1-3H3,(H,25,27)(H,26,28)/t16?,17?,18?,21-,24?/m0/s1. The van der Waals surface area contributed by atoms with Gasteiger partial charge in [-0.3, -0.25) is 9.59 Å². The third kappa shape index (κ3) is 3.58. The molecule has 0 unspecified atom stereocenters. The molecule has 152 valence electrons. The first-order chi connectivity index (χ1) is 13.4. The van der Waals surface area contributed by atoms with Crippen molar-refractivity contribution in [1.82, 2.24) is 5.32 Å². The summed E-state index contributed by atoms with van der Waals surface area (Å²) in [5, 5.41) is 6.25. The summed E-state index contributed by atoms with van der Waals surface area (Å²) in [6.45, 7) is 6.10. The van der Waals surface area contributed by atoms with Crippen molar-refractivity contribution in [3.63, 3.8) is 0 Å². The highest BCUT2D eigenvalue weighted by molar-refractivity contribution is 5.98. The second kappa shape index (κ2) is 7.53. The van der Waals surface area contributed by atoms with Crippen LogP contribution in [0.3, 0.4) is 0 Å². The van der Waals surface area contributed by atoms with Crippen LogP contribution in [-0.2, 0) is 16.0 Å². The van der Waals surface area contributed by atoms with Crippen molar-refractivity contribution >= 4 is 17.5 Å². The molecule has 0 aromatic heterocycles. The third-order valence-electron chi connectivity index (χ3n) is 7.41. The number of amides is 2. The van der Waals surface area contributed by atoms with Crippen LogP contribution in [0.4, 0.5) is 5.69 Å². The Balaban J connectivity index is 1.48. The molecule has 1 atom stereocenters. The Morgan fingerprint density at radius 1 is 1.04 bits per heavy atom. The van der Waals surface area contributed by atoms with E-state index < -0.39 is 6.04 Å². The van der Waals surface area contributed by atoms with Crippen molar-refractivity contribution in [2.24, 2.45) is 29.1 Å². The molecule has 2 N–H and O–H groups in total.